The largest absolute Gasteiger partial charge is 0.327 e. The fourth-order valence-corrected chi connectivity index (χ4v) is 4.75. The number of nitrogens with one attached hydrogen (secondary N) is 1. The molecule has 4 unspecified atom stereocenters. The van der Waals surface area contributed by atoms with Crippen LogP contribution in [-0.4, -0.2) is 16.9 Å². The van der Waals surface area contributed by atoms with E-state index in [-0.39, 0.29) is 23.7 Å². The zero-order chi connectivity index (χ0) is 16.0. The predicted octanol–water partition coefficient (Wildman–Crippen LogP) is 3.26. The molecule has 2 aromatic rings. The molecule has 2 saturated carbocycles. The second-order valence-corrected chi connectivity index (χ2v) is 7.33. The number of hydrogen-bond acceptors (Lipinski definition) is 4. The Morgan fingerprint density at radius 3 is 2.91 bits per heavy atom. The van der Waals surface area contributed by atoms with Gasteiger partial charge in [-0.15, -0.1) is 11.3 Å². The summed E-state index contributed by atoms with van der Waals surface area (Å²) in [6.45, 7) is 0. The van der Waals surface area contributed by atoms with Gasteiger partial charge in [-0.2, -0.15) is 0 Å². The average Bonchev–Trinajstić information content (AvgIpc) is 3.22. The molecule has 0 saturated heterocycles. The Bertz CT molecular complexity index is 745. The average molecular weight is 331 g/mol. The Labute approximate surface area is 137 Å². The smallest absolute Gasteiger partial charge is 0.231 e. The molecule has 4 rings (SSSR count). The van der Waals surface area contributed by atoms with Gasteiger partial charge in [-0.1, -0.05) is 12.1 Å². The number of fused-ring (bicyclic) bond motifs is 2. The second-order valence-electron chi connectivity index (χ2n) is 6.47. The van der Waals surface area contributed by atoms with Crippen LogP contribution in [0.4, 0.5) is 9.52 Å². The van der Waals surface area contributed by atoms with E-state index < -0.39 is 0 Å². The van der Waals surface area contributed by atoms with Crippen molar-refractivity contribution >= 4 is 22.4 Å². The van der Waals surface area contributed by atoms with E-state index in [0.29, 0.717) is 28.2 Å². The van der Waals surface area contributed by atoms with Crippen molar-refractivity contribution in [1.29, 1.82) is 0 Å². The Kier molecular flexibility index (Phi) is 3.66. The third-order valence-electron chi connectivity index (χ3n) is 5.14. The summed E-state index contributed by atoms with van der Waals surface area (Å²) in [4.78, 5) is 16.9. The highest BCUT2D eigenvalue weighted by Gasteiger charge is 2.49. The first-order valence-corrected chi connectivity index (χ1v) is 8.77. The predicted molar refractivity (Wildman–Crippen MR) is 88.4 cm³/mol. The molecule has 1 aromatic carbocycles. The number of benzene rings is 1. The molecule has 6 heteroatoms. The summed E-state index contributed by atoms with van der Waals surface area (Å²) in [5.74, 6) is 0.488. The third kappa shape index (κ3) is 2.66. The van der Waals surface area contributed by atoms with Crippen molar-refractivity contribution in [3.63, 3.8) is 0 Å². The van der Waals surface area contributed by atoms with Gasteiger partial charge in [0.05, 0.1) is 11.6 Å². The van der Waals surface area contributed by atoms with Crippen LogP contribution < -0.4 is 11.1 Å². The number of amides is 1. The number of aromatic nitrogens is 1. The summed E-state index contributed by atoms with van der Waals surface area (Å²) in [5.41, 5.74) is 7.59. The summed E-state index contributed by atoms with van der Waals surface area (Å²) in [5, 5.41) is 5.27. The van der Waals surface area contributed by atoms with Crippen LogP contribution in [0.3, 0.4) is 0 Å². The molecule has 0 spiro atoms. The Morgan fingerprint density at radius 1 is 1.35 bits per heavy atom. The third-order valence-corrected chi connectivity index (χ3v) is 5.90. The van der Waals surface area contributed by atoms with Crippen LogP contribution in [0.5, 0.6) is 0 Å². The van der Waals surface area contributed by atoms with E-state index in [2.05, 4.69) is 10.3 Å². The van der Waals surface area contributed by atoms with E-state index in [0.717, 1.165) is 19.3 Å². The number of thiazole rings is 1. The summed E-state index contributed by atoms with van der Waals surface area (Å²) in [6, 6.07) is 6.25. The summed E-state index contributed by atoms with van der Waals surface area (Å²) >= 11 is 1.35. The van der Waals surface area contributed by atoms with Crippen LogP contribution in [0.15, 0.2) is 29.6 Å². The standard InChI is InChI=1S/C17H18FN3OS/c18-12-3-1-2-9(7-12)13-8-23-17(20-13)21-16(22)14-10-4-5-11(6-10)15(14)19/h1-3,7-8,10-11,14-15H,4-6,19H2,(H,20,21,22). The minimum Gasteiger partial charge on any atom is -0.327 e. The Balaban J connectivity index is 1.49. The molecule has 2 aliphatic carbocycles. The van der Waals surface area contributed by atoms with Crippen LogP contribution in [0, 0.1) is 23.6 Å². The van der Waals surface area contributed by atoms with Gasteiger partial charge in [-0.3, -0.25) is 4.79 Å². The molecule has 2 aliphatic rings. The van der Waals surface area contributed by atoms with E-state index >= 15 is 0 Å². The van der Waals surface area contributed by atoms with Gasteiger partial charge >= 0.3 is 0 Å². The zero-order valence-corrected chi connectivity index (χ0v) is 13.4. The minimum atomic E-state index is -0.297. The van der Waals surface area contributed by atoms with Crippen LogP contribution >= 0.6 is 11.3 Å². The van der Waals surface area contributed by atoms with Gasteiger partial charge in [0, 0.05) is 17.0 Å². The van der Waals surface area contributed by atoms with Gasteiger partial charge in [-0.25, -0.2) is 9.37 Å². The highest BCUT2D eigenvalue weighted by atomic mass is 32.1. The first kappa shape index (κ1) is 14.8. The van der Waals surface area contributed by atoms with E-state index in [9.17, 15) is 9.18 Å². The summed E-state index contributed by atoms with van der Waals surface area (Å²) in [6.07, 6.45) is 3.32. The number of anilines is 1. The number of carbonyl (C=O) groups is 1. The lowest BCUT2D eigenvalue weighted by molar-refractivity contribution is -0.121. The van der Waals surface area contributed by atoms with Gasteiger partial charge in [-0.05, 0) is 43.2 Å². The lowest BCUT2D eigenvalue weighted by atomic mass is 9.84. The van der Waals surface area contributed by atoms with Crippen molar-refractivity contribution < 1.29 is 9.18 Å². The molecular formula is C17H18FN3OS. The van der Waals surface area contributed by atoms with Crippen molar-refractivity contribution in [3.8, 4) is 11.3 Å². The molecule has 1 amide bonds. The van der Waals surface area contributed by atoms with Crippen molar-refractivity contribution in [2.45, 2.75) is 25.3 Å². The molecule has 120 valence electrons. The normalized spacial score (nSPS) is 29.0. The first-order chi connectivity index (χ1) is 11.1. The van der Waals surface area contributed by atoms with Crippen LogP contribution in [-0.2, 0) is 4.79 Å². The van der Waals surface area contributed by atoms with Gasteiger partial charge in [0.1, 0.15) is 5.82 Å². The Morgan fingerprint density at radius 2 is 2.17 bits per heavy atom. The van der Waals surface area contributed by atoms with Gasteiger partial charge in [0.15, 0.2) is 5.13 Å². The highest BCUT2D eigenvalue weighted by Crippen LogP contribution is 2.48. The van der Waals surface area contributed by atoms with Crippen LogP contribution in [0.2, 0.25) is 0 Å². The number of carbonyl (C=O) groups excluding carboxylic acids is 1. The highest BCUT2D eigenvalue weighted by molar-refractivity contribution is 7.14. The van der Waals surface area contributed by atoms with Crippen molar-refractivity contribution in [2.75, 3.05) is 5.32 Å². The van der Waals surface area contributed by atoms with E-state index in [1.54, 1.807) is 12.1 Å². The van der Waals surface area contributed by atoms with Gasteiger partial charge in [0.25, 0.3) is 0 Å². The zero-order valence-electron chi connectivity index (χ0n) is 12.5. The monoisotopic (exact) mass is 331 g/mol. The van der Waals surface area contributed by atoms with Crippen molar-refractivity contribution in [3.05, 3.63) is 35.5 Å². The molecule has 0 radical (unpaired) electrons. The van der Waals surface area contributed by atoms with Crippen molar-refractivity contribution in [2.24, 2.45) is 23.5 Å². The number of nitrogens with two attached hydrogens (primary N) is 1. The summed E-state index contributed by atoms with van der Waals surface area (Å²) in [7, 11) is 0. The molecule has 2 bridgehead atoms. The van der Waals surface area contributed by atoms with E-state index in [1.807, 2.05) is 5.38 Å². The lowest BCUT2D eigenvalue weighted by Gasteiger charge is -2.26. The number of hydrogen-bond donors (Lipinski definition) is 2. The molecule has 1 aromatic heterocycles. The minimum absolute atomic E-state index is 0.0233. The topological polar surface area (TPSA) is 68.0 Å². The SMILES string of the molecule is NC1C2CCC(C2)C1C(=O)Nc1nc(-c2cccc(F)c2)cs1. The molecule has 4 nitrogen and oxygen atoms in total. The maximum absolute atomic E-state index is 13.3. The van der Waals surface area contributed by atoms with Gasteiger partial charge < -0.3 is 11.1 Å². The molecular weight excluding hydrogens is 313 g/mol. The molecule has 3 N–H and O–H groups in total. The molecule has 23 heavy (non-hydrogen) atoms. The molecule has 2 fully saturated rings. The second kappa shape index (κ2) is 5.69. The first-order valence-electron chi connectivity index (χ1n) is 7.90. The van der Waals surface area contributed by atoms with E-state index in [4.69, 9.17) is 5.73 Å². The van der Waals surface area contributed by atoms with Crippen LogP contribution in [0.25, 0.3) is 11.3 Å². The molecule has 0 aliphatic heterocycles. The van der Waals surface area contributed by atoms with Crippen LogP contribution in [0.1, 0.15) is 19.3 Å². The number of halogens is 1. The summed E-state index contributed by atoms with van der Waals surface area (Å²) < 4.78 is 13.3. The molecule has 4 atom stereocenters. The van der Waals surface area contributed by atoms with Crippen molar-refractivity contribution in [1.82, 2.24) is 4.98 Å². The Hall–Kier alpha value is -1.79. The number of rotatable bonds is 3. The quantitative estimate of drug-likeness (QED) is 0.907. The van der Waals surface area contributed by atoms with Gasteiger partial charge in [0.2, 0.25) is 5.91 Å². The lowest BCUT2D eigenvalue weighted by Crippen LogP contribution is -2.42. The fraction of sp³-hybridized carbons (Fsp3) is 0.412. The number of nitrogens with zero attached hydrogens (tertiary/aromatic N) is 1. The maximum atomic E-state index is 13.3. The van der Waals surface area contributed by atoms with E-state index in [1.165, 1.54) is 23.5 Å². The molecule has 1 heterocycles. The fourth-order valence-electron chi connectivity index (χ4n) is 4.03. The maximum Gasteiger partial charge on any atom is 0.231 e.